The van der Waals surface area contributed by atoms with Crippen molar-refractivity contribution < 1.29 is 24.1 Å². The Hall–Kier alpha value is -1.59. The summed E-state index contributed by atoms with van der Waals surface area (Å²) in [5.41, 5.74) is 0.0413. The zero-order chi connectivity index (χ0) is 14.4. The molecule has 0 aliphatic carbocycles. The van der Waals surface area contributed by atoms with Crippen molar-refractivity contribution in [3.63, 3.8) is 0 Å². The fourth-order valence-corrected chi connectivity index (χ4v) is 2.34. The van der Waals surface area contributed by atoms with Crippen molar-refractivity contribution in [2.45, 2.75) is 12.8 Å². The Morgan fingerprint density at radius 3 is 2.90 bits per heavy atom. The summed E-state index contributed by atoms with van der Waals surface area (Å²) in [5.74, 6) is -0.0491. The van der Waals surface area contributed by atoms with Gasteiger partial charge in [0.05, 0.1) is 13.2 Å². The van der Waals surface area contributed by atoms with Crippen molar-refractivity contribution in [2.24, 2.45) is 5.41 Å². The summed E-state index contributed by atoms with van der Waals surface area (Å²) in [7, 11) is 1.61. The van der Waals surface area contributed by atoms with E-state index in [0.29, 0.717) is 32.7 Å². The highest BCUT2D eigenvalue weighted by Gasteiger charge is 2.42. The van der Waals surface area contributed by atoms with E-state index in [4.69, 9.17) is 14.2 Å². The summed E-state index contributed by atoms with van der Waals surface area (Å²) in [5, 5.41) is 9.56. The van der Waals surface area contributed by atoms with E-state index in [-0.39, 0.29) is 6.61 Å². The van der Waals surface area contributed by atoms with Gasteiger partial charge in [-0.2, -0.15) is 0 Å². The number of carbonyl (C=O) groups is 1. The maximum absolute atomic E-state index is 11.6. The summed E-state index contributed by atoms with van der Waals surface area (Å²) in [6, 6.07) is 7.57. The molecule has 20 heavy (non-hydrogen) atoms. The number of aliphatic carboxylic acids is 1. The third-order valence-electron chi connectivity index (χ3n) is 3.62. The van der Waals surface area contributed by atoms with Gasteiger partial charge in [0.25, 0.3) is 0 Å². The summed E-state index contributed by atoms with van der Waals surface area (Å²) in [6.07, 6.45) is 0.909. The van der Waals surface area contributed by atoms with Crippen molar-refractivity contribution in [2.75, 3.05) is 33.5 Å². The van der Waals surface area contributed by atoms with Gasteiger partial charge in [-0.3, -0.25) is 4.79 Å². The maximum Gasteiger partial charge on any atom is 0.313 e. The molecule has 1 aromatic carbocycles. The van der Waals surface area contributed by atoms with Gasteiger partial charge in [0, 0.05) is 13.7 Å². The van der Waals surface area contributed by atoms with Crippen LogP contribution in [0.5, 0.6) is 5.75 Å². The Labute approximate surface area is 118 Å². The summed E-state index contributed by atoms with van der Waals surface area (Å²) in [4.78, 5) is 11.6. The average molecular weight is 280 g/mol. The smallest absolute Gasteiger partial charge is 0.313 e. The van der Waals surface area contributed by atoms with Crippen LogP contribution in [0.2, 0.25) is 0 Å². The minimum Gasteiger partial charge on any atom is -0.492 e. The van der Waals surface area contributed by atoms with Crippen LogP contribution in [0.1, 0.15) is 12.0 Å². The Kier molecular flexibility index (Phi) is 4.98. The van der Waals surface area contributed by atoms with Crippen LogP contribution in [0.4, 0.5) is 0 Å². The Balaban J connectivity index is 1.99. The molecule has 1 aliphatic rings. The third-order valence-corrected chi connectivity index (χ3v) is 3.62. The molecule has 1 aliphatic heterocycles. The first kappa shape index (κ1) is 14.8. The molecule has 0 saturated heterocycles. The number of ether oxygens (including phenoxy) is 3. The molecule has 0 saturated carbocycles. The first-order valence-electron chi connectivity index (χ1n) is 6.69. The lowest BCUT2D eigenvalue weighted by Crippen LogP contribution is -2.43. The molecule has 0 bridgehead atoms. The van der Waals surface area contributed by atoms with E-state index < -0.39 is 11.4 Å². The van der Waals surface area contributed by atoms with E-state index in [1.54, 1.807) is 7.11 Å². The molecule has 0 aromatic heterocycles. The molecule has 0 spiro atoms. The molecular weight excluding hydrogens is 260 g/mol. The van der Waals surface area contributed by atoms with Crippen molar-refractivity contribution in [3.8, 4) is 5.75 Å². The van der Waals surface area contributed by atoms with Crippen molar-refractivity contribution >= 4 is 5.97 Å². The number of methoxy groups -OCH3 is 1. The zero-order valence-electron chi connectivity index (χ0n) is 11.6. The standard InChI is InChI=1S/C15H20O5/c1-18-8-9-19-7-6-15(14(16)17)10-12-4-2-3-5-13(12)20-11-15/h2-5H,6-11H2,1H3,(H,16,17). The van der Waals surface area contributed by atoms with Crippen LogP contribution >= 0.6 is 0 Å². The van der Waals surface area contributed by atoms with Crippen LogP contribution in [0.3, 0.4) is 0 Å². The van der Waals surface area contributed by atoms with Crippen LogP contribution in [-0.4, -0.2) is 44.6 Å². The van der Waals surface area contributed by atoms with E-state index in [1.807, 2.05) is 24.3 Å². The number of carboxylic acids is 1. The Bertz CT molecular complexity index is 459. The number of rotatable bonds is 7. The highest BCUT2D eigenvalue weighted by Crippen LogP contribution is 2.37. The SMILES string of the molecule is COCCOCCC1(C(=O)O)COc2ccccc2C1. The molecule has 5 nitrogen and oxygen atoms in total. The topological polar surface area (TPSA) is 65.0 Å². The second kappa shape index (κ2) is 6.72. The first-order valence-corrected chi connectivity index (χ1v) is 6.69. The number of benzene rings is 1. The molecule has 2 rings (SSSR count). The van der Waals surface area contributed by atoms with Gasteiger partial charge in [0.1, 0.15) is 17.8 Å². The minimum atomic E-state index is -0.901. The molecule has 5 heteroatoms. The molecule has 1 unspecified atom stereocenters. The van der Waals surface area contributed by atoms with Crippen LogP contribution in [0.25, 0.3) is 0 Å². The predicted octanol–water partition coefficient (Wildman–Crippen LogP) is 1.75. The molecule has 0 radical (unpaired) electrons. The minimum absolute atomic E-state index is 0.187. The number of fused-ring (bicyclic) bond motifs is 1. The molecule has 1 heterocycles. The second-order valence-electron chi connectivity index (χ2n) is 5.01. The van der Waals surface area contributed by atoms with Crippen LogP contribution in [0, 0.1) is 5.41 Å². The molecule has 1 N–H and O–H groups in total. The van der Waals surface area contributed by atoms with Crippen molar-refractivity contribution in [3.05, 3.63) is 29.8 Å². The van der Waals surface area contributed by atoms with Gasteiger partial charge in [-0.25, -0.2) is 0 Å². The molecule has 110 valence electrons. The van der Waals surface area contributed by atoms with Crippen LogP contribution in [0.15, 0.2) is 24.3 Å². The largest absolute Gasteiger partial charge is 0.492 e. The summed E-state index contributed by atoms with van der Waals surface area (Å²) in [6.45, 7) is 1.57. The Morgan fingerprint density at radius 2 is 2.15 bits per heavy atom. The van der Waals surface area contributed by atoms with E-state index in [9.17, 15) is 9.90 Å². The van der Waals surface area contributed by atoms with Crippen molar-refractivity contribution in [1.29, 1.82) is 0 Å². The van der Waals surface area contributed by atoms with E-state index in [1.165, 1.54) is 0 Å². The molecule has 1 aromatic rings. The molecular formula is C15H20O5. The fraction of sp³-hybridized carbons (Fsp3) is 0.533. The van der Waals surface area contributed by atoms with Crippen LogP contribution < -0.4 is 4.74 Å². The van der Waals surface area contributed by atoms with Crippen LogP contribution in [-0.2, 0) is 20.7 Å². The number of carboxylic acid groups (broad SMARTS) is 1. The lowest BCUT2D eigenvalue weighted by atomic mass is 9.78. The lowest BCUT2D eigenvalue weighted by molar-refractivity contribution is -0.153. The summed E-state index contributed by atoms with van der Waals surface area (Å²) >= 11 is 0. The van der Waals surface area contributed by atoms with Gasteiger partial charge in [-0.15, -0.1) is 0 Å². The normalized spacial score (nSPS) is 21.1. The fourth-order valence-electron chi connectivity index (χ4n) is 2.34. The number of hydrogen-bond acceptors (Lipinski definition) is 4. The third kappa shape index (κ3) is 3.29. The van der Waals surface area contributed by atoms with Gasteiger partial charge in [0.15, 0.2) is 0 Å². The van der Waals surface area contributed by atoms with E-state index in [0.717, 1.165) is 11.3 Å². The average Bonchev–Trinajstić information content (AvgIpc) is 2.46. The molecule has 1 atom stereocenters. The maximum atomic E-state index is 11.6. The van der Waals surface area contributed by atoms with Gasteiger partial charge in [0.2, 0.25) is 0 Å². The van der Waals surface area contributed by atoms with Gasteiger partial charge in [-0.05, 0) is 24.5 Å². The quantitative estimate of drug-likeness (QED) is 0.771. The molecule has 0 amide bonds. The van der Waals surface area contributed by atoms with E-state index in [2.05, 4.69) is 0 Å². The number of para-hydroxylation sites is 1. The van der Waals surface area contributed by atoms with Crippen molar-refractivity contribution in [1.82, 2.24) is 0 Å². The highest BCUT2D eigenvalue weighted by molar-refractivity contribution is 5.76. The second-order valence-corrected chi connectivity index (χ2v) is 5.01. The highest BCUT2D eigenvalue weighted by atomic mass is 16.5. The summed E-state index contributed by atoms with van der Waals surface area (Å²) < 4.78 is 15.9. The monoisotopic (exact) mass is 280 g/mol. The lowest BCUT2D eigenvalue weighted by Gasteiger charge is -2.34. The molecule has 0 fully saturated rings. The van der Waals surface area contributed by atoms with E-state index >= 15 is 0 Å². The van der Waals surface area contributed by atoms with Gasteiger partial charge < -0.3 is 19.3 Å². The van der Waals surface area contributed by atoms with Gasteiger partial charge >= 0.3 is 5.97 Å². The first-order chi connectivity index (χ1) is 9.68. The zero-order valence-corrected chi connectivity index (χ0v) is 11.6. The predicted molar refractivity (Wildman–Crippen MR) is 73.0 cm³/mol. The number of hydrogen-bond donors (Lipinski definition) is 1. The Morgan fingerprint density at radius 1 is 1.35 bits per heavy atom. The van der Waals surface area contributed by atoms with Gasteiger partial charge in [-0.1, -0.05) is 18.2 Å².